The Balaban J connectivity index is 2.11. The van der Waals surface area contributed by atoms with Crippen molar-refractivity contribution in [2.75, 3.05) is 5.73 Å². The monoisotopic (exact) mass is 291 g/mol. The lowest BCUT2D eigenvalue weighted by Crippen LogP contribution is -2.39. The first-order chi connectivity index (χ1) is 9.80. The number of rotatable bonds is 3. The summed E-state index contributed by atoms with van der Waals surface area (Å²) in [5.74, 6) is -0.418. The Bertz CT molecular complexity index is 559. The average molecular weight is 291 g/mol. The molecule has 0 radical (unpaired) electrons. The van der Waals surface area contributed by atoms with E-state index in [4.69, 9.17) is 5.73 Å². The standard InChI is InChI=1S/C15H21N3O3/c1-15(2)8-6-10(7-9-15)17-14(19)11-4-3-5-12(16)13(11)18(20)21/h3-5,10H,6-9,16H2,1-2H3,(H,17,19). The van der Waals surface area contributed by atoms with Gasteiger partial charge in [-0.1, -0.05) is 19.9 Å². The van der Waals surface area contributed by atoms with Crippen molar-refractivity contribution in [3.63, 3.8) is 0 Å². The molecule has 1 aliphatic carbocycles. The maximum Gasteiger partial charge on any atom is 0.304 e. The minimum Gasteiger partial charge on any atom is -0.393 e. The molecule has 1 aromatic carbocycles. The summed E-state index contributed by atoms with van der Waals surface area (Å²) in [6.07, 6.45) is 3.87. The number of carbonyl (C=O) groups is 1. The minimum atomic E-state index is -0.603. The third kappa shape index (κ3) is 3.51. The van der Waals surface area contributed by atoms with Crippen LogP contribution in [0.2, 0.25) is 0 Å². The van der Waals surface area contributed by atoms with Crippen LogP contribution < -0.4 is 11.1 Å². The number of benzene rings is 1. The van der Waals surface area contributed by atoms with Crippen LogP contribution in [0.1, 0.15) is 49.9 Å². The number of amides is 1. The van der Waals surface area contributed by atoms with Crippen molar-refractivity contribution < 1.29 is 9.72 Å². The first-order valence-corrected chi connectivity index (χ1v) is 7.14. The molecule has 114 valence electrons. The fourth-order valence-corrected chi connectivity index (χ4v) is 2.76. The van der Waals surface area contributed by atoms with Crippen LogP contribution in [0.3, 0.4) is 0 Å². The molecule has 6 nitrogen and oxygen atoms in total. The Labute approximate surface area is 123 Å². The van der Waals surface area contributed by atoms with E-state index < -0.39 is 10.8 Å². The highest BCUT2D eigenvalue weighted by molar-refractivity contribution is 6.00. The highest BCUT2D eigenvalue weighted by Gasteiger charge is 2.29. The van der Waals surface area contributed by atoms with Crippen molar-refractivity contribution >= 4 is 17.3 Å². The van der Waals surface area contributed by atoms with Gasteiger partial charge < -0.3 is 11.1 Å². The number of para-hydroxylation sites is 1. The smallest absolute Gasteiger partial charge is 0.304 e. The summed E-state index contributed by atoms with van der Waals surface area (Å²) in [6, 6.07) is 4.50. The number of nitro benzene ring substituents is 1. The van der Waals surface area contributed by atoms with Gasteiger partial charge >= 0.3 is 5.69 Å². The van der Waals surface area contributed by atoms with Gasteiger partial charge in [0.1, 0.15) is 11.3 Å². The van der Waals surface area contributed by atoms with Gasteiger partial charge in [0.05, 0.1) is 4.92 Å². The summed E-state index contributed by atoms with van der Waals surface area (Å²) < 4.78 is 0. The van der Waals surface area contributed by atoms with E-state index in [1.54, 1.807) is 6.07 Å². The molecule has 1 aromatic rings. The predicted octanol–water partition coefficient (Wildman–Crippen LogP) is 2.88. The molecular weight excluding hydrogens is 270 g/mol. The lowest BCUT2D eigenvalue weighted by Gasteiger charge is -2.34. The van der Waals surface area contributed by atoms with E-state index in [1.165, 1.54) is 12.1 Å². The topological polar surface area (TPSA) is 98.3 Å². The number of nitrogens with two attached hydrogens (primary N) is 1. The predicted molar refractivity (Wildman–Crippen MR) is 81.0 cm³/mol. The van der Waals surface area contributed by atoms with Crippen LogP contribution in [0.5, 0.6) is 0 Å². The molecule has 0 saturated heterocycles. The Morgan fingerprint density at radius 3 is 2.57 bits per heavy atom. The number of carbonyl (C=O) groups excluding carboxylic acids is 1. The zero-order valence-corrected chi connectivity index (χ0v) is 12.4. The molecule has 2 rings (SSSR count). The van der Waals surface area contributed by atoms with Gasteiger partial charge in [0.2, 0.25) is 0 Å². The summed E-state index contributed by atoms with van der Waals surface area (Å²) in [4.78, 5) is 22.7. The quantitative estimate of drug-likeness (QED) is 0.508. The van der Waals surface area contributed by atoms with Gasteiger partial charge in [-0.25, -0.2) is 0 Å². The zero-order valence-electron chi connectivity index (χ0n) is 12.4. The minimum absolute atomic E-state index is 0.0115. The van der Waals surface area contributed by atoms with Gasteiger partial charge in [0.15, 0.2) is 0 Å². The molecule has 1 saturated carbocycles. The van der Waals surface area contributed by atoms with Crippen LogP contribution in [0.15, 0.2) is 18.2 Å². The lowest BCUT2D eigenvalue weighted by molar-refractivity contribution is -0.384. The number of hydrogen-bond donors (Lipinski definition) is 2. The van der Waals surface area contributed by atoms with Gasteiger partial charge in [0, 0.05) is 6.04 Å². The fourth-order valence-electron chi connectivity index (χ4n) is 2.76. The van der Waals surface area contributed by atoms with Gasteiger partial charge in [0.25, 0.3) is 5.91 Å². The van der Waals surface area contributed by atoms with Crippen LogP contribution in [0, 0.1) is 15.5 Å². The highest BCUT2D eigenvalue weighted by atomic mass is 16.6. The zero-order chi connectivity index (χ0) is 15.6. The first kappa shape index (κ1) is 15.3. The van der Waals surface area contributed by atoms with Gasteiger partial charge in [-0.3, -0.25) is 14.9 Å². The van der Waals surface area contributed by atoms with Crippen LogP contribution in [0.25, 0.3) is 0 Å². The molecule has 0 heterocycles. The molecule has 21 heavy (non-hydrogen) atoms. The second-order valence-corrected chi connectivity index (χ2v) is 6.41. The van der Waals surface area contributed by atoms with E-state index in [0.717, 1.165) is 25.7 Å². The molecule has 0 atom stereocenters. The van der Waals surface area contributed by atoms with E-state index in [9.17, 15) is 14.9 Å². The number of nitrogen functional groups attached to an aromatic ring is 1. The largest absolute Gasteiger partial charge is 0.393 e. The molecule has 6 heteroatoms. The van der Waals surface area contributed by atoms with E-state index in [-0.39, 0.29) is 23.0 Å². The van der Waals surface area contributed by atoms with E-state index in [2.05, 4.69) is 19.2 Å². The van der Waals surface area contributed by atoms with E-state index in [0.29, 0.717) is 5.41 Å². The average Bonchev–Trinajstić information content (AvgIpc) is 2.40. The molecule has 0 spiro atoms. The Morgan fingerprint density at radius 1 is 1.38 bits per heavy atom. The van der Waals surface area contributed by atoms with Crippen LogP contribution in [-0.2, 0) is 0 Å². The highest BCUT2D eigenvalue weighted by Crippen LogP contribution is 2.35. The first-order valence-electron chi connectivity index (χ1n) is 7.14. The van der Waals surface area contributed by atoms with Gasteiger partial charge in [-0.15, -0.1) is 0 Å². The SMILES string of the molecule is CC1(C)CCC(NC(=O)c2cccc(N)c2[N+](=O)[O-])CC1. The molecule has 1 aliphatic rings. The Morgan fingerprint density at radius 2 is 2.00 bits per heavy atom. The fraction of sp³-hybridized carbons (Fsp3) is 0.533. The molecule has 0 aliphatic heterocycles. The van der Waals surface area contributed by atoms with Crippen molar-refractivity contribution in [1.29, 1.82) is 0 Å². The second kappa shape index (κ2) is 5.71. The Kier molecular flexibility index (Phi) is 4.16. The molecule has 1 amide bonds. The molecule has 0 aromatic heterocycles. The van der Waals surface area contributed by atoms with Crippen molar-refractivity contribution in [3.05, 3.63) is 33.9 Å². The number of hydrogen-bond acceptors (Lipinski definition) is 4. The lowest BCUT2D eigenvalue weighted by atomic mass is 9.75. The molecule has 3 N–H and O–H groups in total. The Hall–Kier alpha value is -2.11. The van der Waals surface area contributed by atoms with Crippen molar-refractivity contribution in [2.24, 2.45) is 5.41 Å². The third-order valence-corrected chi connectivity index (χ3v) is 4.17. The summed E-state index contributed by atoms with van der Waals surface area (Å²) >= 11 is 0. The van der Waals surface area contributed by atoms with E-state index >= 15 is 0 Å². The third-order valence-electron chi connectivity index (χ3n) is 4.17. The summed E-state index contributed by atoms with van der Waals surface area (Å²) in [5, 5.41) is 14.0. The van der Waals surface area contributed by atoms with Crippen molar-refractivity contribution in [1.82, 2.24) is 5.32 Å². The van der Waals surface area contributed by atoms with Crippen LogP contribution in [0.4, 0.5) is 11.4 Å². The summed E-state index contributed by atoms with van der Waals surface area (Å²) in [7, 11) is 0. The number of nitrogens with one attached hydrogen (secondary N) is 1. The molecule has 0 bridgehead atoms. The maximum atomic E-state index is 12.3. The number of anilines is 1. The molecular formula is C15H21N3O3. The van der Waals surface area contributed by atoms with Crippen LogP contribution in [-0.4, -0.2) is 16.9 Å². The van der Waals surface area contributed by atoms with Crippen LogP contribution >= 0.6 is 0 Å². The molecule has 0 unspecified atom stereocenters. The second-order valence-electron chi connectivity index (χ2n) is 6.41. The van der Waals surface area contributed by atoms with Crippen molar-refractivity contribution in [3.8, 4) is 0 Å². The summed E-state index contributed by atoms with van der Waals surface area (Å²) in [6.45, 7) is 4.43. The normalized spacial score (nSPS) is 18.2. The van der Waals surface area contributed by atoms with Gasteiger partial charge in [-0.2, -0.15) is 0 Å². The maximum absolute atomic E-state index is 12.3. The van der Waals surface area contributed by atoms with Gasteiger partial charge in [-0.05, 0) is 43.2 Å². The number of nitrogens with zero attached hydrogens (tertiary/aromatic N) is 1. The van der Waals surface area contributed by atoms with Crippen molar-refractivity contribution in [2.45, 2.75) is 45.6 Å². The number of nitro groups is 1. The molecule has 1 fully saturated rings. The van der Waals surface area contributed by atoms with E-state index in [1.807, 2.05) is 0 Å². The summed E-state index contributed by atoms with van der Waals surface area (Å²) in [5.41, 5.74) is 5.65.